The van der Waals surface area contributed by atoms with Gasteiger partial charge in [0.25, 0.3) is 0 Å². The van der Waals surface area contributed by atoms with Crippen LogP contribution in [0.15, 0.2) is 0 Å². The number of esters is 4. The van der Waals surface area contributed by atoms with Crippen molar-refractivity contribution >= 4 is 41.7 Å². The van der Waals surface area contributed by atoms with Gasteiger partial charge in [-0.25, -0.2) is 0 Å². The fourth-order valence-corrected chi connectivity index (χ4v) is 8.13. The van der Waals surface area contributed by atoms with Gasteiger partial charge < -0.3 is 49.8 Å². The van der Waals surface area contributed by atoms with Crippen LogP contribution in [0.1, 0.15) is 227 Å². The van der Waals surface area contributed by atoms with Crippen LogP contribution in [0.4, 0.5) is 17.8 Å². The number of nitrogens with one attached hydrogen (secondary N) is 3. The van der Waals surface area contributed by atoms with Gasteiger partial charge in [0, 0.05) is 52.4 Å². The summed E-state index contributed by atoms with van der Waals surface area (Å²) in [5.41, 5.74) is 0. The molecule has 0 amide bonds. The highest BCUT2D eigenvalue weighted by atomic mass is 16.5. The second kappa shape index (κ2) is 50.3. The normalized spacial score (nSPS) is 11.3. The molecule has 0 aromatic carbocycles. The summed E-state index contributed by atoms with van der Waals surface area (Å²) in [5, 5.41) is 19.2. The smallest absolute Gasteiger partial charge is 0.307 e. The Hall–Kier alpha value is -3.83. The maximum atomic E-state index is 12.7. The second-order valence-electron chi connectivity index (χ2n) is 19.5. The van der Waals surface area contributed by atoms with E-state index in [0.29, 0.717) is 122 Å². The molecule has 17 heteroatoms. The topological polar surface area (TPSA) is 207 Å². The van der Waals surface area contributed by atoms with Gasteiger partial charge in [-0.05, 0) is 58.0 Å². The van der Waals surface area contributed by atoms with Gasteiger partial charge in [0.15, 0.2) is 0 Å². The van der Waals surface area contributed by atoms with Gasteiger partial charge in [-0.3, -0.25) is 19.2 Å². The summed E-state index contributed by atoms with van der Waals surface area (Å²) in [6.07, 6.45) is 29.9. The maximum Gasteiger partial charge on any atom is 0.307 e. The summed E-state index contributed by atoms with van der Waals surface area (Å²) < 4.78 is 22.2. The molecule has 1 heterocycles. The largest absolute Gasteiger partial charge is 0.466 e. The number of ether oxygens (including phenoxy) is 4. The van der Waals surface area contributed by atoms with Crippen molar-refractivity contribution in [1.82, 2.24) is 24.8 Å². The van der Waals surface area contributed by atoms with Gasteiger partial charge >= 0.3 is 23.9 Å². The lowest BCUT2D eigenvalue weighted by molar-refractivity contribution is -0.146. The lowest BCUT2D eigenvalue weighted by Gasteiger charge is -2.22. The summed E-state index contributed by atoms with van der Waals surface area (Å²) in [5.74, 6) is 0.242. The van der Waals surface area contributed by atoms with E-state index in [0.717, 1.165) is 77.0 Å². The maximum absolute atomic E-state index is 12.7. The highest BCUT2D eigenvalue weighted by Gasteiger charge is 2.15. The standard InChI is InChI=1S/C56H106N8O9/c1-5-9-13-17-21-25-46-70-50(66)32-41-63(42-33-51(67)71-47-26-22-18-14-10-6-2)39-29-36-57-54-60-55(62-56(61-54)59-38-31-45-65)58-37-30-40-64(43-34-52(68)72-48-27-23-19-15-11-7-3)44-35-53(69)73-49-28-24-20-16-12-8-4/h65H,5-49H2,1-4H3,(H3,57,58,59,60,61,62). The lowest BCUT2D eigenvalue weighted by atomic mass is 10.1. The number of carbonyl (C=O) groups is 4. The second-order valence-corrected chi connectivity index (χ2v) is 19.5. The molecule has 1 aromatic heterocycles. The Morgan fingerprint density at radius 2 is 0.603 bits per heavy atom. The van der Waals surface area contributed by atoms with Crippen molar-refractivity contribution in [3.8, 4) is 0 Å². The van der Waals surface area contributed by atoms with Crippen LogP contribution < -0.4 is 16.0 Å². The van der Waals surface area contributed by atoms with Crippen LogP contribution in [0.25, 0.3) is 0 Å². The van der Waals surface area contributed by atoms with Crippen LogP contribution in [0.5, 0.6) is 0 Å². The first-order valence-electron chi connectivity index (χ1n) is 29.4. The molecule has 0 unspecified atom stereocenters. The minimum Gasteiger partial charge on any atom is -0.466 e. The van der Waals surface area contributed by atoms with E-state index in [1.54, 1.807) is 0 Å². The molecule has 0 saturated heterocycles. The molecular weight excluding hydrogens is 929 g/mol. The fourth-order valence-electron chi connectivity index (χ4n) is 8.13. The molecule has 0 aliphatic carbocycles. The molecule has 424 valence electrons. The van der Waals surface area contributed by atoms with E-state index in [1.807, 2.05) is 0 Å². The molecule has 4 N–H and O–H groups in total. The molecule has 0 radical (unpaired) electrons. The Balaban J connectivity index is 2.85. The summed E-state index contributed by atoms with van der Waals surface area (Å²) in [7, 11) is 0. The third-order valence-electron chi connectivity index (χ3n) is 12.7. The van der Waals surface area contributed by atoms with Crippen LogP contribution in [0.2, 0.25) is 0 Å². The van der Waals surface area contributed by atoms with Crippen molar-refractivity contribution in [2.24, 2.45) is 0 Å². The lowest BCUT2D eigenvalue weighted by Crippen LogP contribution is -2.32. The number of anilines is 3. The van der Waals surface area contributed by atoms with E-state index in [2.05, 4.69) is 68.4 Å². The molecular formula is C56H106N8O9. The number of hydrogen-bond acceptors (Lipinski definition) is 17. The van der Waals surface area contributed by atoms with Crippen molar-refractivity contribution in [1.29, 1.82) is 0 Å². The number of aromatic nitrogens is 3. The average Bonchev–Trinajstić information content (AvgIpc) is 3.38. The molecule has 0 spiro atoms. The third kappa shape index (κ3) is 43.2. The van der Waals surface area contributed by atoms with E-state index >= 15 is 0 Å². The predicted octanol–water partition coefficient (Wildman–Crippen LogP) is 11.0. The van der Waals surface area contributed by atoms with Gasteiger partial charge in [0.2, 0.25) is 17.8 Å². The predicted molar refractivity (Wildman–Crippen MR) is 295 cm³/mol. The number of hydrogen-bond donors (Lipinski definition) is 4. The zero-order valence-corrected chi connectivity index (χ0v) is 46.8. The van der Waals surface area contributed by atoms with Gasteiger partial charge in [-0.1, -0.05) is 156 Å². The molecule has 73 heavy (non-hydrogen) atoms. The van der Waals surface area contributed by atoms with Crippen LogP contribution in [0, 0.1) is 0 Å². The van der Waals surface area contributed by atoms with Crippen molar-refractivity contribution < 1.29 is 43.2 Å². The van der Waals surface area contributed by atoms with Crippen molar-refractivity contribution in [2.75, 3.05) is 108 Å². The number of carbonyl (C=O) groups excluding carboxylic acids is 4. The minimum atomic E-state index is -0.223. The molecule has 17 nitrogen and oxygen atoms in total. The number of rotatable bonds is 54. The molecule has 0 saturated carbocycles. The number of aliphatic hydroxyl groups excluding tert-OH is 1. The third-order valence-corrected chi connectivity index (χ3v) is 12.7. The molecule has 0 fully saturated rings. The molecule has 0 atom stereocenters. The molecule has 1 aromatic rings. The summed E-state index contributed by atoms with van der Waals surface area (Å²) in [4.78, 5) is 68.8. The monoisotopic (exact) mass is 1030 g/mol. The Labute approximate surface area is 442 Å². The van der Waals surface area contributed by atoms with Gasteiger partial charge in [0.05, 0.1) is 52.1 Å². The van der Waals surface area contributed by atoms with E-state index in [1.165, 1.54) is 77.0 Å². The molecule has 0 aliphatic heterocycles. The zero-order valence-electron chi connectivity index (χ0n) is 46.8. The van der Waals surface area contributed by atoms with E-state index in [9.17, 15) is 24.3 Å². The van der Waals surface area contributed by atoms with Crippen LogP contribution in [0.3, 0.4) is 0 Å². The number of nitrogens with zero attached hydrogens (tertiary/aromatic N) is 5. The van der Waals surface area contributed by atoms with Crippen molar-refractivity contribution in [2.45, 2.75) is 227 Å². The first-order chi connectivity index (χ1) is 35.7. The SMILES string of the molecule is CCCCCCCCOC(=O)CCN(CCCNc1nc(NCCCO)nc(NCCCN(CCC(=O)OCCCCCCCC)CCC(=O)OCCCCCCCC)n1)CCC(=O)OCCCCCCCC. The quantitative estimate of drug-likeness (QED) is 0.0272. The zero-order chi connectivity index (χ0) is 53.1. The number of unbranched alkanes of at least 4 members (excludes halogenated alkanes) is 20. The Bertz CT molecular complexity index is 1310. The van der Waals surface area contributed by atoms with E-state index < -0.39 is 0 Å². The average molecular weight is 1040 g/mol. The van der Waals surface area contributed by atoms with Gasteiger partial charge in [-0.15, -0.1) is 0 Å². The molecule has 1 rings (SSSR count). The molecule has 0 bridgehead atoms. The van der Waals surface area contributed by atoms with Gasteiger partial charge in [-0.2, -0.15) is 15.0 Å². The van der Waals surface area contributed by atoms with E-state index in [-0.39, 0.29) is 56.2 Å². The van der Waals surface area contributed by atoms with Crippen LogP contribution in [-0.4, -0.2) is 146 Å². The summed E-state index contributed by atoms with van der Waals surface area (Å²) in [6.45, 7) is 15.3. The van der Waals surface area contributed by atoms with E-state index in [4.69, 9.17) is 18.9 Å². The van der Waals surface area contributed by atoms with Gasteiger partial charge in [0.1, 0.15) is 0 Å². The number of aliphatic hydroxyl groups is 1. The summed E-state index contributed by atoms with van der Waals surface area (Å²) >= 11 is 0. The fraction of sp³-hybridized carbons (Fsp3) is 0.875. The first-order valence-corrected chi connectivity index (χ1v) is 29.4. The van der Waals surface area contributed by atoms with Crippen LogP contribution >= 0.6 is 0 Å². The van der Waals surface area contributed by atoms with Crippen molar-refractivity contribution in [3.63, 3.8) is 0 Å². The highest BCUT2D eigenvalue weighted by molar-refractivity contribution is 5.71. The van der Waals surface area contributed by atoms with Crippen molar-refractivity contribution in [3.05, 3.63) is 0 Å². The first kappa shape index (κ1) is 67.2. The Kier molecular flexibility index (Phi) is 46.3. The Morgan fingerprint density at radius 1 is 0.356 bits per heavy atom. The van der Waals surface area contributed by atoms with Crippen LogP contribution in [-0.2, 0) is 38.1 Å². The Morgan fingerprint density at radius 3 is 0.863 bits per heavy atom. The molecule has 0 aliphatic rings. The highest BCUT2D eigenvalue weighted by Crippen LogP contribution is 2.13. The minimum absolute atomic E-state index is 0.0304. The summed E-state index contributed by atoms with van der Waals surface area (Å²) in [6, 6.07) is 0.